The lowest BCUT2D eigenvalue weighted by atomic mass is 10.1. The average Bonchev–Trinajstić information content (AvgIpc) is 2.36. The van der Waals surface area contributed by atoms with Crippen molar-refractivity contribution in [2.75, 3.05) is 35.4 Å². The lowest BCUT2D eigenvalue weighted by Gasteiger charge is -2.16. The molecule has 1 amide bonds. The Kier molecular flexibility index (Phi) is 5.44. The van der Waals surface area contributed by atoms with Crippen molar-refractivity contribution >= 4 is 5.91 Å². The van der Waals surface area contributed by atoms with Gasteiger partial charge in [0.25, 0.3) is 0 Å². The Bertz CT molecular complexity index is 447. The van der Waals surface area contributed by atoms with E-state index in [0.717, 1.165) is 5.56 Å². The summed E-state index contributed by atoms with van der Waals surface area (Å²) in [6, 6.07) is 3.54. The molecule has 0 aliphatic carbocycles. The number of methoxy groups -OCH3 is 3. The van der Waals surface area contributed by atoms with Gasteiger partial charge in [0.15, 0.2) is 11.5 Å². The number of amides is 1. The SMILES string of the molecule is COc1ccc(CC(=O)NN(C)C)c(OC)c1OC. The third-order valence-corrected chi connectivity index (χ3v) is 2.49. The second-order valence-corrected chi connectivity index (χ2v) is 4.10. The molecule has 0 saturated heterocycles. The minimum atomic E-state index is -0.129. The molecule has 0 heterocycles. The summed E-state index contributed by atoms with van der Waals surface area (Å²) < 4.78 is 15.8. The van der Waals surface area contributed by atoms with Crippen molar-refractivity contribution < 1.29 is 19.0 Å². The number of nitrogens with one attached hydrogen (secondary N) is 1. The third-order valence-electron chi connectivity index (χ3n) is 2.49. The fraction of sp³-hybridized carbons (Fsp3) is 0.462. The van der Waals surface area contributed by atoms with E-state index in [4.69, 9.17) is 14.2 Å². The summed E-state index contributed by atoms with van der Waals surface area (Å²) in [6.07, 6.45) is 0.196. The van der Waals surface area contributed by atoms with Crippen LogP contribution in [0.5, 0.6) is 17.2 Å². The quantitative estimate of drug-likeness (QED) is 0.775. The molecule has 0 aromatic heterocycles. The minimum absolute atomic E-state index is 0.129. The molecular weight excluding hydrogens is 248 g/mol. The fourth-order valence-electron chi connectivity index (χ4n) is 1.76. The number of carbonyl (C=O) groups is 1. The van der Waals surface area contributed by atoms with Gasteiger partial charge in [-0.25, -0.2) is 5.01 Å². The van der Waals surface area contributed by atoms with Crippen molar-refractivity contribution in [3.05, 3.63) is 17.7 Å². The highest BCUT2D eigenvalue weighted by Gasteiger charge is 2.17. The standard InChI is InChI=1S/C13H20N2O4/c1-15(2)14-11(16)8-9-6-7-10(17-3)13(19-5)12(9)18-4/h6-7H,8H2,1-5H3,(H,14,16). The average molecular weight is 268 g/mol. The van der Waals surface area contributed by atoms with Crippen LogP contribution in [0.1, 0.15) is 5.56 Å². The first kappa shape index (κ1) is 15.1. The van der Waals surface area contributed by atoms with E-state index in [0.29, 0.717) is 17.2 Å². The highest BCUT2D eigenvalue weighted by atomic mass is 16.5. The summed E-state index contributed by atoms with van der Waals surface area (Å²) in [6.45, 7) is 0. The molecule has 0 unspecified atom stereocenters. The Morgan fingerprint density at radius 2 is 1.74 bits per heavy atom. The smallest absolute Gasteiger partial charge is 0.238 e. The number of hydrazine groups is 1. The Labute approximate surface area is 113 Å². The molecule has 0 aliphatic heterocycles. The van der Waals surface area contributed by atoms with Crippen LogP contribution >= 0.6 is 0 Å². The normalized spacial score (nSPS) is 10.2. The van der Waals surface area contributed by atoms with Gasteiger partial charge in [0.05, 0.1) is 27.8 Å². The van der Waals surface area contributed by atoms with E-state index in [1.54, 1.807) is 38.3 Å². The van der Waals surface area contributed by atoms with Crippen molar-refractivity contribution in [2.24, 2.45) is 0 Å². The maximum absolute atomic E-state index is 11.8. The highest BCUT2D eigenvalue weighted by Crippen LogP contribution is 2.39. The predicted octanol–water partition coefficient (Wildman–Crippen LogP) is 0.848. The zero-order valence-electron chi connectivity index (χ0n) is 11.9. The van der Waals surface area contributed by atoms with Crippen LogP contribution in [-0.2, 0) is 11.2 Å². The lowest BCUT2D eigenvalue weighted by Crippen LogP contribution is -2.37. The molecule has 0 radical (unpaired) electrons. The Balaban J connectivity index is 3.04. The number of carbonyl (C=O) groups excluding carboxylic acids is 1. The second kappa shape index (κ2) is 6.84. The summed E-state index contributed by atoms with van der Waals surface area (Å²) in [5.74, 6) is 1.43. The van der Waals surface area contributed by atoms with Gasteiger partial charge in [-0.15, -0.1) is 0 Å². The van der Waals surface area contributed by atoms with Crippen LogP contribution in [0.15, 0.2) is 12.1 Å². The van der Waals surface area contributed by atoms with Gasteiger partial charge in [-0.1, -0.05) is 6.07 Å². The van der Waals surface area contributed by atoms with Crippen molar-refractivity contribution in [2.45, 2.75) is 6.42 Å². The second-order valence-electron chi connectivity index (χ2n) is 4.10. The largest absolute Gasteiger partial charge is 0.493 e. The van der Waals surface area contributed by atoms with Crippen LogP contribution in [-0.4, -0.2) is 46.3 Å². The van der Waals surface area contributed by atoms with E-state index in [9.17, 15) is 4.79 Å². The van der Waals surface area contributed by atoms with Crippen LogP contribution in [0.2, 0.25) is 0 Å². The maximum Gasteiger partial charge on any atom is 0.238 e. The van der Waals surface area contributed by atoms with Crippen molar-refractivity contribution in [1.82, 2.24) is 10.4 Å². The highest BCUT2D eigenvalue weighted by molar-refractivity contribution is 5.79. The predicted molar refractivity (Wildman–Crippen MR) is 71.6 cm³/mol. The number of benzene rings is 1. The first-order valence-corrected chi connectivity index (χ1v) is 5.78. The summed E-state index contributed by atoms with van der Waals surface area (Å²) in [7, 11) is 8.12. The molecule has 0 fully saturated rings. The van der Waals surface area contributed by atoms with E-state index in [1.807, 2.05) is 0 Å². The molecular formula is C13H20N2O4. The van der Waals surface area contributed by atoms with E-state index in [1.165, 1.54) is 14.2 Å². The molecule has 0 saturated carbocycles. The van der Waals surface area contributed by atoms with Crippen LogP contribution in [0, 0.1) is 0 Å². The first-order valence-electron chi connectivity index (χ1n) is 5.78. The molecule has 0 atom stereocenters. The molecule has 1 aromatic carbocycles. The number of rotatable bonds is 6. The first-order chi connectivity index (χ1) is 9.03. The molecule has 1 rings (SSSR count). The van der Waals surface area contributed by atoms with Gasteiger partial charge in [0.2, 0.25) is 11.7 Å². The van der Waals surface area contributed by atoms with Crippen molar-refractivity contribution in [3.63, 3.8) is 0 Å². The minimum Gasteiger partial charge on any atom is -0.493 e. The van der Waals surface area contributed by atoms with Gasteiger partial charge in [-0.2, -0.15) is 0 Å². The van der Waals surface area contributed by atoms with Crippen LogP contribution in [0.3, 0.4) is 0 Å². The van der Waals surface area contributed by atoms with Gasteiger partial charge in [-0.3, -0.25) is 10.2 Å². The molecule has 0 spiro atoms. The molecule has 1 aromatic rings. The van der Waals surface area contributed by atoms with Gasteiger partial charge in [0.1, 0.15) is 0 Å². The molecule has 6 heteroatoms. The van der Waals surface area contributed by atoms with Gasteiger partial charge >= 0.3 is 0 Å². The Morgan fingerprint density at radius 3 is 2.21 bits per heavy atom. The number of hydrogen-bond acceptors (Lipinski definition) is 5. The monoisotopic (exact) mass is 268 g/mol. The summed E-state index contributed by atoms with van der Waals surface area (Å²) in [5, 5.41) is 1.59. The van der Waals surface area contributed by atoms with Gasteiger partial charge in [-0.05, 0) is 6.07 Å². The molecule has 0 bridgehead atoms. The molecule has 0 aliphatic rings. The summed E-state index contributed by atoms with van der Waals surface area (Å²) >= 11 is 0. The summed E-state index contributed by atoms with van der Waals surface area (Å²) in [5.41, 5.74) is 3.41. The van der Waals surface area contributed by atoms with Crippen molar-refractivity contribution in [1.29, 1.82) is 0 Å². The van der Waals surface area contributed by atoms with Gasteiger partial charge in [0, 0.05) is 19.7 Å². The topological polar surface area (TPSA) is 60.0 Å². The molecule has 106 valence electrons. The van der Waals surface area contributed by atoms with Crippen LogP contribution in [0.4, 0.5) is 0 Å². The van der Waals surface area contributed by atoms with E-state index >= 15 is 0 Å². The molecule has 1 N–H and O–H groups in total. The third kappa shape index (κ3) is 3.75. The zero-order valence-corrected chi connectivity index (χ0v) is 11.9. The zero-order chi connectivity index (χ0) is 14.4. The number of nitrogens with zero attached hydrogens (tertiary/aromatic N) is 1. The van der Waals surface area contributed by atoms with E-state index < -0.39 is 0 Å². The fourth-order valence-corrected chi connectivity index (χ4v) is 1.76. The Morgan fingerprint density at radius 1 is 1.11 bits per heavy atom. The van der Waals surface area contributed by atoms with Crippen LogP contribution in [0.25, 0.3) is 0 Å². The molecule has 19 heavy (non-hydrogen) atoms. The van der Waals surface area contributed by atoms with Gasteiger partial charge < -0.3 is 14.2 Å². The number of ether oxygens (including phenoxy) is 3. The Hall–Kier alpha value is -1.95. The maximum atomic E-state index is 11.8. The summed E-state index contributed by atoms with van der Waals surface area (Å²) in [4.78, 5) is 11.8. The van der Waals surface area contributed by atoms with E-state index in [-0.39, 0.29) is 12.3 Å². The number of hydrogen-bond donors (Lipinski definition) is 1. The van der Waals surface area contributed by atoms with Crippen molar-refractivity contribution in [3.8, 4) is 17.2 Å². The lowest BCUT2D eigenvalue weighted by molar-refractivity contribution is -0.124. The van der Waals surface area contributed by atoms with Crippen LogP contribution < -0.4 is 19.6 Å². The molecule has 6 nitrogen and oxygen atoms in total. The van der Waals surface area contributed by atoms with E-state index in [2.05, 4.69) is 5.43 Å².